The minimum absolute atomic E-state index is 0.0543. The van der Waals surface area contributed by atoms with Crippen LogP contribution in [0.1, 0.15) is 128 Å². The second-order valence-corrected chi connectivity index (χ2v) is 24.1. The van der Waals surface area contributed by atoms with Gasteiger partial charge in [-0.3, -0.25) is 0 Å². The average molecular weight is 919 g/mol. The fraction of sp³-hybridized carbons (Fsp3) is 0.283. The maximum absolute atomic E-state index is 12.6. The van der Waals surface area contributed by atoms with Gasteiger partial charge >= 0.3 is 217 Å². The zero-order valence-corrected chi connectivity index (χ0v) is 41.8. The van der Waals surface area contributed by atoms with Crippen molar-refractivity contribution >= 4 is 35.7 Å². The van der Waals surface area contributed by atoms with Gasteiger partial charge in [-0.2, -0.15) is 0 Å². The van der Waals surface area contributed by atoms with Crippen LogP contribution in [0.3, 0.4) is 0 Å². The molecule has 2 aromatic heterocycles. The summed E-state index contributed by atoms with van der Waals surface area (Å²) in [5.41, 5.74) is 17.5. The van der Waals surface area contributed by atoms with E-state index in [1.807, 2.05) is 6.20 Å². The molecule has 65 heavy (non-hydrogen) atoms. The first-order valence-corrected chi connectivity index (χ1v) is 24.6. The molecule has 328 valence electrons. The van der Waals surface area contributed by atoms with Crippen molar-refractivity contribution in [2.24, 2.45) is 4.99 Å². The number of rotatable bonds is 6. The summed E-state index contributed by atoms with van der Waals surface area (Å²) in [6.45, 7) is 27.0. The van der Waals surface area contributed by atoms with Crippen LogP contribution in [0, 0.1) is 0 Å². The van der Waals surface area contributed by atoms with Crippen LogP contribution < -0.4 is 0 Å². The third kappa shape index (κ3) is 8.58. The summed E-state index contributed by atoms with van der Waals surface area (Å²) in [4.78, 5) is 15.8. The molecule has 0 aliphatic carbocycles. The second kappa shape index (κ2) is 16.2. The van der Waals surface area contributed by atoms with Gasteiger partial charge in [0.1, 0.15) is 5.75 Å². The monoisotopic (exact) mass is 919 g/mol. The normalized spacial score (nSPS) is 14.5. The number of fused-ring (bicyclic) bond motifs is 2. The van der Waals surface area contributed by atoms with Crippen LogP contribution in [0.25, 0.3) is 53.4 Å². The number of para-hydroxylation sites is 2. The second-order valence-electron chi connectivity index (χ2n) is 22.0. The van der Waals surface area contributed by atoms with E-state index in [9.17, 15) is 5.11 Å². The summed E-state index contributed by atoms with van der Waals surface area (Å²) in [5.74, 6) is 0.0420. The van der Waals surface area contributed by atoms with Crippen molar-refractivity contribution in [3.8, 4) is 49.4 Å². The van der Waals surface area contributed by atoms with Gasteiger partial charge in [-0.15, -0.1) is 0 Å². The molecular weight excluding hydrogens is 858 g/mol. The van der Waals surface area contributed by atoms with E-state index in [0.717, 1.165) is 71.7 Å². The van der Waals surface area contributed by atoms with Crippen LogP contribution in [0.5, 0.6) is 5.75 Å². The van der Waals surface area contributed by atoms with Crippen molar-refractivity contribution in [2.75, 3.05) is 0 Å². The summed E-state index contributed by atoms with van der Waals surface area (Å²) >= 11 is 0.131. The molecule has 0 saturated carbocycles. The van der Waals surface area contributed by atoms with E-state index in [1.54, 1.807) is 0 Å². The predicted molar refractivity (Wildman–Crippen MR) is 276 cm³/mol. The number of benzene rings is 6. The van der Waals surface area contributed by atoms with Crippen LogP contribution in [-0.2, 0) is 21.7 Å². The van der Waals surface area contributed by atoms with E-state index < -0.39 is 0 Å². The van der Waals surface area contributed by atoms with Gasteiger partial charge in [-0.1, -0.05) is 117 Å². The van der Waals surface area contributed by atoms with Crippen molar-refractivity contribution in [3.05, 3.63) is 179 Å². The Morgan fingerprint density at radius 2 is 1.15 bits per heavy atom. The van der Waals surface area contributed by atoms with Gasteiger partial charge in [0, 0.05) is 5.56 Å². The quantitative estimate of drug-likeness (QED) is 0.169. The number of aliphatic imine (C=N–C) groups is 1. The van der Waals surface area contributed by atoms with E-state index in [4.69, 9.17) is 15.0 Å². The third-order valence-corrected chi connectivity index (χ3v) is 15.2. The summed E-state index contributed by atoms with van der Waals surface area (Å²) in [5, 5.41) is 12.6. The van der Waals surface area contributed by atoms with Crippen LogP contribution in [-0.4, -0.2) is 35.3 Å². The molecule has 1 unspecified atom stereocenters. The van der Waals surface area contributed by atoms with E-state index >= 15 is 0 Å². The number of pyridine rings is 1. The molecule has 0 radical (unpaired) electrons. The fourth-order valence-electron chi connectivity index (χ4n) is 9.07. The number of aromatic nitrogens is 2. The molecule has 0 amide bonds. The number of hydrogen-bond acceptors (Lipinski definition) is 4. The molecule has 0 bridgehead atoms. The van der Waals surface area contributed by atoms with Gasteiger partial charge in [0.05, 0.1) is 0 Å². The van der Waals surface area contributed by atoms with Crippen molar-refractivity contribution in [1.82, 2.24) is 9.97 Å². The number of nitrogens with zero attached hydrogens (tertiary/aromatic N) is 3. The Morgan fingerprint density at radius 1 is 0.492 bits per heavy atom. The number of hydrogen-bond donors (Lipinski definition) is 1. The van der Waals surface area contributed by atoms with Crippen molar-refractivity contribution in [1.29, 1.82) is 0 Å². The zero-order chi connectivity index (χ0) is 46.2. The first kappa shape index (κ1) is 44.3. The molecule has 9 rings (SSSR count). The van der Waals surface area contributed by atoms with E-state index in [2.05, 4.69) is 217 Å². The van der Waals surface area contributed by atoms with Crippen LogP contribution in [0.2, 0.25) is 0 Å². The number of aromatic hydroxyl groups is 1. The standard InChI is InChI=1S/C60H61N3OSe/c1-57(2,3)40-25-26-44(46(33-40)36-19-14-13-15-20-36)52-45-22-18-21-43(53(45)63-54(52)47-34-42(59(7,8)9)35-48(55(47)64)60(10,11)12)38-29-39(31-41(30-38)58(4,5)6)50-32-37(27-28-61-50)56-62-49-23-16-17-24-51(49)65-56/h13-35,52,64H,1-12H3. The van der Waals surface area contributed by atoms with Crippen molar-refractivity contribution < 1.29 is 5.11 Å². The molecule has 1 aliphatic rings. The summed E-state index contributed by atoms with van der Waals surface area (Å²) in [6.07, 6.45) is 1.93. The molecule has 6 aromatic carbocycles. The maximum atomic E-state index is 12.6. The molecule has 0 spiro atoms. The Labute approximate surface area is 392 Å². The van der Waals surface area contributed by atoms with Crippen LogP contribution >= 0.6 is 0 Å². The minimum atomic E-state index is -0.305. The van der Waals surface area contributed by atoms with Crippen molar-refractivity contribution in [2.45, 2.75) is 111 Å². The fourth-order valence-corrected chi connectivity index (χ4v) is 11.1. The first-order chi connectivity index (χ1) is 30.6. The molecule has 5 heteroatoms. The van der Waals surface area contributed by atoms with Gasteiger partial charge in [0.2, 0.25) is 0 Å². The Balaban J connectivity index is 1.30. The van der Waals surface area contributed by atoms with Gasteiger partial charge < -0.3 is 5.11 Å². The molecule has 1 aliphatic heterocycles. The molecule has 3 heterocycles. The molecule has 0 saturated heterocycles. The number of phenols is 1. The third-order valence-electron chi connectivity index (χ3n) is 13.0. The first-order valence-electron chi connectivity index (χ1n) is 22.9. The summed E-state index contributed by atoms with van der Waals surface area (Å²) < 4.78 is 2.44. The molecule has 4 nitrogen and oxygen atoms in total. The van der Waals surface area contributed by atoms with Crippen LogP contribution in [0.15, 0.2) is 145 Å². The molecule has 1 N–H and O–H groups in total. The summed E-state index contributed by atoms with van der Waals surface area (Å²) in [6, 6.07) is 48.6. The van der Waals surface area contributed by atoms with E-state index in [0.29, 0.717) is 5.75 Å². The SMILES string of the molecule is CC(C)(C)c1cc(-c2cc(-c3nc4ccccc4[se]3)ccn2)cc(-c2cccc3c2N=C(c2cc(C(C)(C)C)cc(C(C)(C)C)c2O)C3c2ccc(C(C)(C)C)cc2-c2ccccc2)c1. The summed E-state index contributed by atoms with van der Waals surface area (Å²) in [7, 11) is 0. The van der Waals surface area contributed by atoms with E-state index in [1.165, 1.54) is 32.1 Å². The Bertz CT molecular complexity index is 3110. The predicted octanol–water partition coefficient (Wildman–Crippen LogP) is 15.5. The average Bonchev–Trinajstić information content (AvgIpc) is 3.87. The van der Waals surface area contributed by atoms with Crippen LogP contribution in [0.4, 0.5) is 5.69 Å². The van der Waals surface area contributed by atoms with E-state index in [-0.39, 0.29) is 42.1 Å². The van der Waals surface area contributed by atoms with Crippen molar-refractivity contribution in [3.63, 3.8) is 0 Å². The van der Waals surface area contributed by atoms with Gasteiger partial charge in [-0.25, -0.2) is 0 Å². The molecule has 1 atom stereocenters. The topological polar surface area (TPSA) is 58.4 Å². The Kier molecular flexibility index (Phi) is 11.1. The van der Waals surface area contributed by atoms with Gasteiger partial charge in [0.15, 0.2) is 0 Å². The molecule has 8 aromatic rings. The number of phenolic OH excluding ortho intramolecular Hbond substituents is 1. The molecular formula is C60H61N3OSe. The van der Waals surface area contributed by atoms with Gasteiger partial charge in [0.25, 0.3) is 0 Å². The zero-order valence-electron chi connectivity index (χ0n) is 40.1. The Morgan fingerprint density at radius 3 is 1.85 bits per heavy atom. The Hall–Kier alpha value is -5.87. The van der Waals surface area contributed by atoms with Gasteiger partial charge in [-0.05, 0) is 44.6 Å². The molecule has 0 fully saturated rings.